The maximum Gasteiger partial charge on any atom is 0.255 e. The Labute approximate surface area is 106 Å². The molecule has 18 heavy (non-hydrogen) atoms. The van der Waals surface area contributed by atoms with Crippen molar-refractivity contribution in [2.45, 2.75) is 25.7 Å². The van der Waals surface area contributed by atoms with Crippen LogP contribution in [0, 0.1) is 17.8 Å². The number of rotatable bonds is 1. The van der Waals surface area contributed by atoms with Gasteiger partial charge in [0.15, 0.2) is 0 Å². The fraction of sp³-hybridized carbons (Fsp3) is 0.571. The molecular weight excluding hydrogens is 231 g/mol. The number of nitrogens with zero attached hydrogens (tertiary/aromatic N) is 2. The van der Waals surface area contributed by atoms with Gasteiger partial charge in [0.2, 0.25) is 5.95 Å². The molecule has 0 radical (unpaired) electrons. The fourth-order valence-electron chi connectivity index (χ4n) is 3.28. The molecule has 3 rings (SSSR count). The monoisotopic (exact) mass is 248 g/mol. The topological polar surface area (TPSA) is 33.2 Å². The number of aromatic nitrogens is 1. The van der Waals surface area contributed by atoms with Crippen molar-refractivity contribution in [2.75, 3.05) is 13.1 Å². The lowest BCUT2D eigenvalue weighted by atomic mass is 9.78. The van der Waals surface area contributed by atoms with Crippen molar-refractivity contribution >= 4 is 5.91 Å². The molecule has 4 heteroatoms. The lowest BCUT2D eigenvalue weighted by Gasteiger charge is -2.41. The highest BCUT2D eigenvalue weighted by Crippen LogP contribution is 2.34. The normalized spacial score (nSPS) is 27.1. The summed E-state index contributed by atoms with van der Waals surface area (Å²) in [6.45, 7) is 1.71. The van der Waals surface area contributed by atoms with Gasteiger partial charge in [-0.2, -0.15) is 4.39 Å². The Morgan fingerprint density at radius 3 is 2.61 bits per heavy atom. The van der Waals surface area contributed by atoms with Crippen LogP contribution in [0.2, 0.25) is 0 Å². The summed E-state index contributed by atoms with van der Waals surface area (Å²) >= 11 is 0. The molecule has 2 atom stereocenters. The standard InChI is InChI=1S/C14H17FN2O/c15-13-5-4-12(7-16-13)14(18)17-8-10-2-1-3-11(6-10)9-17/h4-5,7,10-11H,1-3,6,8-9H2. The first kappa shape index (κ1) is 11.6. The first-order valence-corrected chi connectivity index (χ1v) is 6.63. The van der Waals surface area contributed by atoms with E-state index in [0.717, 1.165) is 13.1 Å². The number of halogens is 1. The predicted octanol–water partition coefficient (Wildman–Crippen LogP) is 2.48. The number of amides is 1. The van der Waals surface area contributed by atoms with Gasteiger partial charge in [-0.3, -0.25) is 4.79 Å². The first-order chi connectivity index (χ1) is 8.72. The van der Waals surface area contributed by atoms with E-state index in [2.05, 4.69) is 4.98 Å². The highest BCUT2D eigenvalue weighted by atomic mass is 19.1. The number of likely N-dealkylation sites (tertiary alicyclic amines) is 1. The lowest BCUT2D eigenvalue weighted by molar-refractivity contribution is 0.0504. The molecule has 1 saturated heterocycles. The summed E-state index contributed by atoms with van der Waals surface area (Å²) in [5.41, 5.74) is 0.497. The molecule has 2 aliphatic rings. The minimum atomic E-state index is -0.540. The van der Waals surface area contributed by atoms with Crippen LogP contribution in [-0.4, -0.2) is 28.9 Å². The van der Waals surface area contributed by atoms with E-state index < -0.39 is 5.95 Å². The molecular formula is C14H17FN2O. The lowest BCUT2D eigenvalue weighted by Crippen LogP contribution is -2.45. The van der Waals surface area contributed by atoms with Crippen LogP contribution in [0.5, 0.6) is 0 Å². The number of hydrogen-bond donors (Lipinski definition) is 0. The van der Waals surface area contributed by atoms with E-state index in [0.29, 0.717) is 17.4 Å². The predicted molar refractivity (Wildman–Crippen MR) is 65.5 cm³/mol. The van der Waals surface area contributed by atoms with E-state index in [4.69, 9.17) is 0 Å². The Morgan fingerprint density at radius 2 is 2.00 bits per heavy atom. The highest BCUT2D eigenvalue weighted by Gasteiger charge is 2.32. The molecule has 2 unspecified atom stereocenters. The molecule has 3 nitrogen and oxygen atoms in total. The number of hydrogen-bond acceptors (Lipinski definition) is 2. The summed E-state index contributed by atoms with van der Waals surface area (Å²) in [5.74, 6) is 0.783. The average molecular weight is 248 g/mol. The second kappa shape index (κ2) is 4.67. The molecule has 2 bridgehead atoms. The van der Waals surface area contributed by atoms with E-state index in [1.165, 1.54) is 44.0 Å². The quantitative estimate of drug-likeness (QED) is 0.715. The van der Waals surface area contributed by atoms with Crippen LogP contribution >= 0.6 is 0 Å². The zero-order valence-electron chi connectivity index (χ0n) is 10.3. The van der Waals surface area contributed by atoms with Crippen LogP contribution in [0.25, 0.3) is 0 Å². The molecule has 1 aliphatic carbocycles. The molecule has 0 aromatic carbocycles. The van der Waals surface area contributed by atoms with E-state index in [1.807, 2.05) is 4.90 Å². The van der Waals surface area contributed by atoms with E-state index >= 15 is 0 Å². The summed E-state index contributed by atoms with van der Waals surface area (Å²) in [7, 11) is 0. The van der Waals surface area contributed by atoms with Crippen molar-refractivity contribution in [3.63, 3.8) is 0 Å². The third kappa shape index (κ3) is 2.24. The number of fused-ring (bicyclic) bond motifs is 2. The molecule has 1 aromatic rings. The van der Waals surface area contributed by atoms with Crippen LogP contribution in [0.3, 0.4) is 0 Å². The first-order valence-electron chi connectivity index (χ1n) is 6.63. The van der Waals surface area contributed by atoms with Crippen LogP contribution in [-0.2, 0) is 0 Å². The van der Waals surface area contributed by atoms with Gasteiger partial charge in [0.05, 0.1) is 5.56 Å². The maximum absolute atomic E-state index is 12.7. The Bertz CT molecular complexity index is 434. The summed E-state index contributed by atoms with van der Waals surface area (Å²) in [5, 5.41) is 0. The summed E-state index contributed by atoms with van der Waals surface area (Å²) in [4.78, 5) is 17.8. The molecule has 1 aliphatic heterocycles. The Hall–Kier alpha value is -1.45. The molecule has 2 fully saturated rings. The van der Waals surface area contributed by atoms with Crippen molar-refractivity contribution in [2.24, 2.45) is 11.8 Å². The zero-order valence-corrected chi connectivity index (χ0v) is 10.3. The number of pyridine rings is 1. The van der Waals surface area contributed by atoms with E-state index in [-0.39, 0.29) is 5.91 Å². The summed E-state index contributed by atoms with van der Waals surface area (Å²) in [6, 6.07) is 2.77. The molecule has 0 spiro atoms. The van der Waals surface area contributed by atoms with Crippen molar-refractivity contribution in [1.82, 2.24) is 9.88 Å². The van der Waals surface area contributed by atoms with Crippen molar-refractivity contribution < 1.29 is 9.18 Å². The summed E-state index contributed by atoms with van der Waals surface area (Å²) < 4.78 is 12.7. The highest BCUT2D eigenvalue weighted by molar-refractivity contribution is 5.93. The Morgan fingerprint density at radius 1 is 1.28 bits per heavy atom. The minimum absolute atomic E-state index is 0.000833. The smallest absolute Gasteiger partial charge is 0.255 e. The van der Waals surface area contributed by atoms with Crippen LogP contribution in [0.1, 0.15) is 36.0 Å². The van der Waals surface area contributed by atoms with E-state index in [9.17, 15) is 9.18 Å². The van der Waals surface area contributed by atoms with Crippen molar-refractivity contribution in [3.8, 4) is 0 Å². The Balaban J connectivity index is 1.74. The van der Waals surface area contributed by atoms with Gasteiger partial charge in [0.1, 0.15) is 0 Å². The fourth-order valence-corrected chi connectivity index (χ4v) is 3.28. The van der Waals surface area contributed by atoms with Gasteiger partial charge in [-0.15, -0.1) is 0 Å². The van der Waals surface area contributed by atoms with Gasteiger partial charge in [-0.05, 0) is 43.2 Å². The molecule has 2 heterocycles. The second-order valence-electron chi connectivity index (χ2n) is 5.48. The van der Waals surface area contributed by atoms with Gasteiger partial charge in [0.25, 0.3) is 5.91 Å². The molecule has 1 aromatic heterocycles. The second-order valence-corrected chi connectivity index (χ2v) is 5.48. The van der Waals surface area contributed by atoms with Crippen molar-refractivity contribution in [3.05, 3.63) is 29.8 Å². The average Bonchev–Trinajstić information content (AvgIpc) is 2.38. The zero-order chi connectivity index (χ0) is 12.5. The Kier molecular flexibility index (Phi) is 3.02. The molecule has 0 N–H and O–H groups in total. The van der Waals surface area contributed by atoms with Gasteiger partial charge < -0.3 is 4.90 Å². The number of carbonyl (C=O) groups excluding carboxylic acids is 1. The van der Waals surface area contributed by atoms with Crippen molar-refractivity contribution in [1.29, 1.82) is 0 Å². The van der Waals surface area contributed by atoms with Gasteiger partial charge in [0, 0.05) is 19.3 Å². The number of carbonyl (C=O) groups is 1. The largest absolute Gasteiger partial charge is 0.338 e. The van der Waals surface area contributed by atoms with E-state index in [1.54, 1.807) is 0 Å². The minimum Gasteiger partial charge on any atom is -0.338 e. The number of piperidine rings is 1. The summed E-state index contributed by atoms with van der Waals surface area (Å²) in [6.07, 6.45) is 6.38. The van der Waals surface area contributed by atoms with Crippen LogP contribution in [0.4, 0.5) is 4.39 Å². The molecule has 96 valence electrons. The molecule has 1 amide bonds. The third-order valence-electron chi connectivity index (χ3n) is 4.11. The third-order valence-corrected chi connectivity index (χ3v) is 4.11. The van der Waals surface area contributed by atoms with Gasteiger partial charge >= 0.3 is 0 Å². The van der Waals surface area contributed by atoms with Gasteiger partial charge in [-0.1, -0.05) is 6.42 Å². The van der Waals surface area contributed by atoms with Gasteiger partial charge in [-0.25, -0.2) is 4.98 Å². The molecule has 1 saturated carbocycles. The SMILES string of the molecule is O=C(c1ccc(F)nc1)N1CC2CCCC(C2)C1. The van der Waals surface area contributed by atoms with Crippen LogP contribution < -0.4 is 0 Å². The van der Waals surface area contributed by atoms with Crippen LogP contribution in [0.15, 0.2) is 18.3 Å². The maximum atomic E-state index is 12.7.